The summed E-state index contributed by atoms with van der Waals surface area (Å²) < 4.78 is 0. The number of benzene rings is 2. The second-order valence-electron chi connectivity index (χ2n) is 8.31. The maximum absolute atomic E-state index is 12.9. The molecule has 0 saturated carbocycles. The largest absolute Gasteiger partial charge is 0.480 e. The zero-order chi connectivity index (χ0) is 25.1. The van der Waals surface area contributed by atoms with Crippen LogP contribution in [0.1, 0.15) is 71.2 Å². The summed E-state index contributed by atoms with van der Waals surface area (Å²) in [5.74, 6) is -1.28. The van der Waals surface area contributed by atoms with Gasteiger partial charge in [0, 0.05) is 18.5 Å². The van der Waals surface area contributed by atoms with Crippen LogP contribution in [0.15, 0.2) is 58.9 Å². The van der Waals surface area contributed by atoms with Crippen LogP contribution in [0.3, 0.4) is 0 Å². The Morgan fingerprint density at radius 2 is 1.76 bits per heavy atom. The molecule has 1 amide bonds. The number of carbonyl (C=O) groups is 2. The van der Waals surface area contributed by atoms with E-state index in [1.54, 1.807) is 0 Å². The van der Waals surface area contributed by atoms with Gasteiger partial charge in [-0.2, -0.15) is 5.43 Å². The van der Waals surface area contributed by atoms with Gasteiger partial charge in [-0.15, -0.1) is 5.11 Å². The van der Waals surface area contributed by atoms with Gasteiger partial charge in [-0.3, -0.25) is 4.79 Å². The van der Waals surface area contributed by atoms with Crippen LogP contribution >= 0.6 is 0 Å². The molecule has 1 heterocycles. The van der Waals surface area contributed by atoms with E-state index in [0.717, 1.165) is 35.1 Å². The Hall–Kier alpha value is -3.26. The molecule has 3 rings (SSSR count). The first-order valence-electron chi connectivity index (χ1n) is 12.0. The predicted octanol–water partition coefficient (Wildman–Crippen LogP) is 5.48. The lowest BCUT2D eigenvalue weighted by Gasteiger charge is -2.32. The van der Waals surface area contributed by atoms with Gasteiger partial charge in [-0.1, -0.05) is 94.8 Å². The second kappa shape index (κ2) is 13.4. The highest BCUT2D eigenvalue weighted by molar-refractivity contribution is 5.84. The average Bonchev–Trinajstić information content (AvgIpc) is 3.38. The fourth-order valence-corrected chi connectivity index (χ4v) is 3.92. The van der Waals surface area contributed by atoms with E-state index in [4.69, 9.17) is 0 Å². The summed E-state index contributed by atoms with van der Waals surface area (Å²) in [6.45, 7) is 9.95. The molecule has 0 aromatic heterocycles. The third-order valence-electron chi connectivity index (χ3n) is 5.58. The van der Waals surface area contributed by atoms with Crippen molar-refractivity contribution < 1.29 is 14.7 Å². The summed E-state index contributed by atoms with van der Waals surface area (Å²) in [7, 11) is 0. The summed E-state index contributed by atoms with van der Waals surface area (Å²) >= 11 is 0. The highest BCUT2D eigenvalue weighted by atomic mass is 16.4. The smallest absolute Gasteiger partial charge is 0.326 e. The highest BCUT2D eigenvalue weighted by Crippen LogP contribution is 2.30. The van der Waals surface area contributed by atoms with Crippen LogP contribution in [0.25, 0.3) is 11.1 Å². The van der Waals surface area contributed by atoms with Crippen LogP contribution < -0.4 is 11.0 Å². The minimum absolute atomic E-state index is 0.118. The van der Waals surface area contributed by atoms with Gasteiger partial charge in [0.2, 0.25) is 5.91 Å². The van der Waals surface area contributed by atoms with Crippen molar-refractivity contribution in [3.63, 3.8) is 0 Å². The Kier molecular flexibility index (Phi) is 10.7. The Morgan fingerprint density at radius 3 is 2.32 bits per heavy atom. The molecule has 8 heteroatoms. The van der Waals surface area contributed by atoms with Crippen LogP contribution in [-0.2, 0) is 16.1 Å². The number of nitrogens with zero attached hydrogens (tertiary/aromatic N) is 3. The van der Waals surface area contributed by atoms with E-state index in [1.807, 2.05) is 83.1 Å². The second-order valence-corrected chi connectivity index (χ2v) is 8.31. The molecule has 0 fully saturated rings. The molecule has 3 N–H and O–H groups in total. The SMILES string of the molecule is CC.CCCCC(=O)N(Cc1ccc(-c2ccccc2C2N=NNN2)cc1)C(C(=O)O)C(C)C. The maximum atomic E-state index is 12.9. The van der Waals surface area contributed by atoms with Crippen molar-refractivity contribution >= 4 is 11.9 Å². The third kappa shape index (κ3) is 6.87. The molecule has 1 aliphatic rings. The molecule has 1 aliphatic heterocycles. The highest BCUT2D eigenvalue weighted by Gasteiger charge is 2.32. The lowest BCUT2D eigenvalue weighted by molar-refractivity contribution is -0.153. The summed E-state index contributed by atoms with van der Waals surface area (Å²) in [4.78, 5) is 26.3. The number of amides is 1. The van der Waals surface area contributed by atoms with E-state index >= 15 is 0 Å². The fourth-order valence-electron chi connectivity index (χ4n) is 3.92. The van der Waals surface area contributed by atoms with Crippen LogP contribution in [0, 0.1) is 5.92 Å². The van der Waals surface area contributed by atoms with E-state index in [0.29, 0.717) is 6.42 Å². The number of hydrogen-bond acceptors (Lipinski definition) is 6. The van der Waals surface area contributed by atoms with Gasteiger partial charge in [0.15, 0.2) is 6.17 Å². The quantitative estimate of drug-likeness (QED) is 0.429. The monoisotopic (exact) mass is 467 g/mol. The lowest BCUT2D eigenvalue weighted by Crippen LogP contribution is -2.47. The Balaban J connectivity index is 0.00000199. The van der Waals surface area contributed by atoms with Gasteiger partial charge in [0.1, 0.15) is 6.04 Å². The Bertz CT molecular complexity index is 959. The van der Waals surface area contributed by atoms with Gasteiger partial charge in [0.05, 0.1) is 0 Å². The molecule has 0 spiro atoms. The molecule has 0 bridgehead atoms. The zero-order valence-corrected chi connectivity index (χ0v) is 20.8. The van der Waals surface area contributed by atoms with Crippen molar-refractivity contribution in [2.45, 2.75) is 72.6 Å². The normalized spacial score (nSPS) is 15.3. The molecule has 0 saturated heterocycles. The number of unbranched alkanes of at least 4 members (excludes halogenated alkanes) is 1. The van der Waals surface area contributed by atoms with Gasteiger partial charge in [0.25, 0.3) is 0 Å². The Morgan fingerprint density at radius 1 is 1.09 bits per heavy atom. The lowest BCUT2D eigenvalue weighted by atomic mass is 9.96. The van der Waals surface area contributed by atoms with Crippen LogP contribution in [0.4, 0.5) is 0 Å². The van der Waals surface area contributed by atoms with Gasteiger partial charge in [-0.25, -0.2) is 10.3 Å². The first-order chi connectivity index (χ1) is 16.4. The van der Waals surface area contributed by atoms with Crippen LogP contribution in [0.2, 0.25) is 0 Å². The Labute approximate surface area is 202 Å². The first kappa shape index (κ1) is 27.0. The first-order valence-corrected chi connectivity index (χ1v) is 12.0. The van der Waals surface area contributed by atoms with Crippen LogP contribution in [-0.4, -0.2) is 27.9 Å². The van der Waals surface area contributed by atoms with E-state index in [2.05, 4.69) is 21.3 Å². The summed E-state index contributed by atoms with van der Waals surface area (Å²) in [6, 6.07) is 15.0. The van der Waals surface area contributed by atoms with Gasteiger partial charge in [-0.05, 0) is 29.0 Å². The summed E-state index contributed by atoms with van der Waals surface area (Å²) in [5.41, 5.74) is 9.58. The molecule has 2 unspecified atom stereocenters. The van der Waals surface area contributed by atoms with E-state index in [-0.39, 0.29) is 24.5 Å². The third-order valence-corrected chi connectivity index (χ3v) is 5.58. The topological polar surface area (TPSA) is 106 Å². The number of carbonyl (C=O) groups excluding carboxylic acids is 1. The van der Waals surface area contributed by atoms with Crippen molar-refractivity contribution in [1.29, 1.82) is 0 Å². The van der Waals surface area contributed by atoms with E-state index < -0.39 is 12.0 Å². The number of aliphatic carboxylic acids is 1. The maximum Gasteiger partial charge on any atom is 0.326 e. The van der Waals surface area contributed by atoms with Gasteiger partial charge >= 0.3 is 5.97 Å². The molecular formula is C26H37N5O3. The number of carboxylic acids is 1. The minimum atomic E-state index is -0.970. The molecule has 0 aliphatic carbocycles. The van der Waals surface area contributed by atoms with Crippen molar-refractivity contribution in [1.82, 2.24) is 15.9 Å². The van der Waals surface area contributed by atoms with E-state index in [9.17, 15) is 14.7 Å². The number of rotatable bonds is 10. The van der Waals surface area contributed by atoms with Crippen molar-refractivity contribution in [2.75, 3.05) is 0 Å². The number of hydrogen-bond donors (Lipinski definition) is 3. The fraction of sp³-hybridized carbons (Fsp3) is 0.462. The summed E-state index contributed by atoms with van der Waals surface area (Å²) in [6.07, 6.45) is 1.73. The average molecular weight is 468 g/mol. The number of nitrogens with one attached hydrogen (secondary N) is 2. The van der Waals surface area contributed by atoms with Crippen molar-refractivity contribution in [3.05, 3.63) is 59.7 Å². The van der Waals surface area contributed by atoms with Crippen molar-refractivity contribution in [2.24, 2.45) is 16.3 Å². The summed E-state index contributed by atoms with van der Waals surface area (Å²) in [5, 5.41) is 17.7. The molecule has 2 aromatic rings. The zero-order valence-electron chi connectivity index (χ0n) is 20.8. The standard InChI is InChI=1S/C24H31N5O3.C2H6/c1-4-5-10-21(30)29(22(16(2)3)24(31)32)15-17-11-13-18(14-12-17)19-8-6-7-9-20(19)23-25-27-28-26-23;1-2/h6-9,11-14,16,22-23H,4-5,10,15H2,1-3H3,(H,25,28)(H,26,27)(H,31,32);1-2H3. The molecule has 34 heavy (non-hydrogen) atoms. The molecule has 2 atom stereocenters. The van der Waals surface area contributed by atoms with E-state index in [1.165, 1.54) is 4.90 Å². The van der Waals surface area contributed by atoms with Gasteiger partial charge < -0.3 is 10.0 Å². The molecule has 2 aromatic carbocycles. The molecular weight excluding hydrogens is 430 g/mol. The molecule has 184 valence electrons. The number of hydrazine groups is 1. The number of carboxylic acid groups (broad SMARTS) is 1. The van der Waals surface area contributed by atoms with Crippen LogP contribution in [0.5, 0.6) is 0 Å². The molecule has 0 radical (unpaired) electrons. The predicted molar refractivity (Wildman–Crippen MR) is 133 cm³/mol. The molecule has 8 nitrogen and oxygen atoms in total. The minimum Gasteiger partial charge on any atom is -0.480 e. The van der Waals surface area contributed by atoms with Crippen molar-refractivity contribution in [3.8, 4) is 11.1 Å².